The number of ether oxygens (including phenoxy) is 5. The smallest absolute Gasteiger partial charge is 0.350 e. The van der Waals surface area contributed by atoms with Gasteiger partial charge in [0.25, 0.3) is 5.97 Å². The Balaban J connectivity index is 0. The van der Waals surface area contributed by atoms with Crippen LogP contribution in [0.15, 0.2) is 0 Å². The Morgan fingerprint density at radius 2 is 0.952 bits per heavy atom. The lowest BCUT2D eigenvalue weighted by Gasteiger charge is -2.38. The van der Waals surface area contributed by atoms with Crippen LogP contribution in [0.4, 0.5) is 13.2 Å². The molecule has 0 aromatic heterocycles. The van der Waals surface area contributed by atoms with Crippen molar-refractivity contribution in [2.24, 2.45) is 11.8 Å². The number of hydrogen-bond donors (Lipinski definition) is 0. The van der Waals surface area contributed by atoms with Gasteiger partial charge in [-0.2, -0.15) is 13.2 Å². The largest absolute Gasteiger partial charge is 0.389 e. The van der Waals surface area contributed by atoms with E-state index in [0.29, 0.717) is 12.3 Å². The van der Waals surface area contributed by atoms with Crippen LogP contribution in [0.3, 0.4) is 0 Å². The SMILES string of the molecule is CCCCCCCCC(C)C(CCC)(OCC)OCC.CCCCCCCCC(CCC(F)(F)F)C(OC)(OC)OC. The molecule has 0 radical (unpaired) electrons. The number of hydrogen-bond acceptors (Lipinski definition) is 5. The van der Waals surface area contributed by atoms with Gasteiger partial charge in [0.15, 0.2) is 5.79 Å². The van der Waals surface area contributed by atoms with Gasteiger partial charge in [-0.25, -0.2) is 0 Å². The molecule has 0 aliphatic heterocycles. The maximum Gasteiger partial charge on any atom is 0.389 e. The summed E-state index contributed by atoms with van der Waals surface area (Å²) in [4.78, 5) is 0. The molecule has 8 heteroatoms. The molecule has 5 nitrogen and oxygen atoms in total. The third-order valence-corrected chi connectivity index (χ3v) is 8.15. The van der Waals surface area contributed by atoms with E-state index in [1.165, 1.54) is 85.5 Å². The summed E-state index contributed by atoms with van der Waals surface area (Å²) >= 11 is 0. The molecule has 0 fully saturated rings. The van der Waals surface area contributed by atoms with E-state index in [2.05, 4.69) is 41.5 Å². The van der Waals surface area contributed by atoms with Gasteiger partial charge in [0, 0.05) is 59.2 Å². The van der Waals surface area contributed by atoms with Crippen molar-refractivity contribution in [3.8, 4) is 0 Å². The van der Waals surface area contributed by atoms with E-state index in [0.717, 1.165) is 45.3 Å². The molecule has 0 heterocycles. The Morgan fingerprint density at radius 1 is 0.524 bits per heavy atom. The Morgan fingerprint density at radius 3 is 1.33 bits per heavy atom. The summed E-state index contributed by atoms with van der Waals surface area (Å²) in [7, 11) is 4.19. The molecule has 0 saturated carbocycles. The maximum atomic E-state index is 12.5. The van der Waals surface area contributed by atoms with Crippen molar-refractivity contribution in [3.05, 3.63) is 0 Å². The first kappa shape index (κ1) is 43.7. The molecule has 0 bridgehead atoms. The van der Waals surface area contributed by atoms with E-state index in [1.54, 1.807) is 0 Å². The van der Waals surface area contributed by atoms with Crippen molar-refractivity contribution in [1.82, 2.24) is 0 Å². The number of rotatable bonds is 27. The standard InChI is InChI=1S/C18H38O2.C16H31F3O3/c1-6-10-11-12-13-14-15-17(5)18(16-7-2,19-8-3)20-9-4;1-5-6-7-8-9-10-11-14(12-13-15(17,18)19)16(20-2,21-3)22-4/h17H,6-16H2,1-5H3;14H,5-13H2,1-4H3. The molecule has 0 aromatic rings. The van der Waals surface area contributed by atoms with Crippen molar-refractivity contribution < 1.29 is 36.9 Å². The van der Waals surface area contributed by atoms with Crippen LogP contribution in [0, 0.1) is 11.8 Å². The Hall–Kier alpha value is -0.410. The minimum Gasteiger partial charge on any atom is -0.350 e. The van der Waals surface area contributed by atoms with Crippen LogP contribution in [-0.4, -0.2) is 52.5 Å². The monoisotopic (exact) mass is 615 g/mol. The molecule has 0 spiro atoms. The summed E-state index contributed by atoms with van der Waals surface area (Å²) in [5.74, 6) is -1.70. The molecule has 0 amide bonds. The van der Waals surface area contributed by atoms with Crippen molar-refractivity contribution in [2.75, 3.05) is 34.5 Å². The third-order valence-electron chi connectivity index (χ3n) is 8.15. The first-order valence-corrected chi connectivity index (χ1v) is 17.0. The first-order valence-electron chi connectivity index (χ1n) is 17.0. The number of halogens is 3. The van der Waals surface area contributed by atoms with E-state index in [-0.39, 0.29) is 12.2 Å². The summed E-state index contributed by atoms with van der Waals surface area (Å²) in [6.45, 7) is 14.5. The predicted octanol–water partition coefficient (Wildman–Crippen LogP) is 11.2. The lowest BCUT2D eigenvalue weighted by atomic mass is 9.90. The Labute approximate surface area is 258 Å². The molecule has 256 valence electrons. The molecule has 0 saturated heterocycles. The zero-order valence-electron chi connectivity index (χ0n) is 29.0. The van der Waals surface area contributed by atoms with Crippen LogP contribution in [-0.2, 0) is 23.7 Å². The van der Waals surface area contributed by atoms with Gasteiger partial charge in [0.05, 0.1) is 0 Å². The van der Waals surface area contributed by atoms with Gasteiger partial charge in [-0.15, -0.1) is 0 Å². The summed E-state index contributed by atoms with van der Waals surface area (Å²) in [6.07, 6.45) is 13.5. The lowest BCUT2D eigenvalue weighted by molar-refractivity contribution is -0.381. The molecular formula is C34H69F3O5. The molecule has 2 atom stereocenters. The highest BCUT2D eigenvalue weighted by Gasteiger charge is 2.42. The molecule has 0 aromatic carbocycles. The highest BCUT2D eigenvalue weighted by Crippen LogP contribution is 2.36. The van der Waals surface area contributed by atoms with Crippen LogP contribution in [0.25, 0.3) is 0 Å². The van der Waals surface area contributed by atoms with Crippen LogP contribution < -0.4 is 0 Å². The van der Waals surface area contributed by atoms with Crippen molar-refractivity contribution in [3.63, 3.8) is 0 Å². The fraction of sp³-hybridized carbons (Fsp3) is 1.00. The molecule has 0 rings (SSSR count). The van der Waals surface area contributed by atoms with Crippen molar-refractivity contribution in [2.45, 2.75) is 175 Å². The van der Waals surface area contributed by atoms with E-state index in [4.69, 9.17) is 23.7 Å². The molecule has 2 unspecified atom stereocenters. The maximum absolute atomic E-state index is 12.5. The van der Waals surface area contributed by atoms with Crippen molar-refractivity contribution in [1.29, 1.82) is 0 Å². The average Bonchev–Trinajstić information content (AvgIpc) is 2.96. The van der Waals surface area contributed by atoms with E-state index in [9.17, 15) is 13.2 Å². The van der Waals surface area contributed by atoms with Gasteiger partial charge >= 0.3 is 6.18 Å². The Bertz CT molecular complexity index is 545. The second kappa shape index (κ2) is 26.9. The van der Waals surface area contributed by atoms with Crippen molar-refractivity contribution >= 4 is 0 Å². The van der Waals surface area contributed by atoms with E-state index >= 15 is 0 Å². The zero-order valence-corrected chi connectivity index (χ0v) is 29.0. The van der Waals surface area contributed by atoms with Gasteiger partial charge < -0.3 is 23.7 Å². The summed E-state index contributed by atoms with van der Waals surface area (Å²) < 4.78 is 65.4. The molecule has 0 aliphatic rings. The number of methoxy groups -OCH3 is 3. The molecular weight excluding hydrogens is 545 g/mol. The van der Waals surface area contributed by atoms with Crippen LogP contribution in [0.2, 0.25) is 0 Å². The average molecular weight is 615 g/mol. The fourth-order valence-electron chi connectivity index (χ4n) is 5.76. The van der Waals surface area contributed by atoms with Crippen LogP contribution in [0.1, 0.15) is 157 Å². The lowest BCUT2D eigenvalue weighted by Crippen LogP contribution is -2.44. The second-order valence-electron chi connectivity index (χ2n) is 11.5. The normalized spacial score (nSPS) is 14.0. The Kier molecular flexibility index (Phi) is 28.0. The van der Waals surface area contributed by atoms with Gasteiger partial charge in [-0.1, -0.05) is 111 Å². The third kappa shape index (κ3) is 19.8. The highest BCUT2D eigenvalue weighted by molar-refractivity contribution is 4.77. The van der Waals surface area contributed by atoms with Crippen LogP contribution in [0.5, 0.6) is 0 Å². The van der Waals surface area contributed by atoms with E-state index < -0.39 is 24.5 Å². The van der Waals surface area contributed by atoms with Gasteiger partial charge in [0.1, 0.15) is 0 Å². The minimum atomic E-state index is -4.18. The number of alkyl halides is 3. The summed E-state index contributed by atoms with van der Waals surface area (Å²) in [5, 5.41) is 0. The molecule has 0 N–H and O–H groups in total. The van der Waals surface area contributed by atoms with Gasteiger partial charge in [0.2, 0.25) is 0 Å². The predicted molar refractivity (Wildman–Crippen MR) is 169 cm³/mol. The fourth-order valence-corrected chi connectivity index (χ4v) is 5.76. The number of unbranched alkanes of at least 4 members (excludes halogenated alkanes) is 10. The second-order valence-corrected chi connectivity index (χ2v) is 11.5. The van der Waals surface area contributed by atoms with Crippen LogP contribution >= 0.6 is 0 Å². The summed E-state index contributed by atoms with van der Waals surface area (Å²) in [6, 6.07) is 0. The minimum absolute atomic E-state index is 0.0615. The highest BCUT2D eigenvalue weighted by atomic mass is 19.4. The molecule has 0 aliphatic carbocycles. The van der Waals surface area contributed by atoms with Gasteiger partial charge in [-0.3, -0.25) is 0 Å². The van der Waals surface area contributed by atoms with E-state index in [1.807, 2.05) is 0 Å². The summed E-state index contributed by atoms with van der Waals surface area (Å²) in [5.41, 5.74) is 0. The zero-order chi connectivity index (χ0) is 32.3. The molecule has 42 heavy (non-hydrogen) atoms. The topological polar surface area (TPSA) is 46.2 Å². The van der Waals surface area contributed by atoms with Gasteiger partial charge in [-0.05, 0) is 33.1 Å². The first-order chi connectivity index (χ1) is 20.0. The quantitative estimate of drug-likeness (QED) is 0.0680.